The molecule has 1 fully saturated rings. The molecule has 0 radical (unpaired) electrons. The van der Waals surface area contributed by atoms with Gasteiger partial charge in [0.1, 0.15) is 0 Å². The normalized spacial score (nSPS) is 24.7. The van der Waals surface area contributed by atoms with Gasteiger partial charge in [-0.2, -0.15) is 0 Å². The van der Waals surface area contributed by atoms with Crippen molar-refractivity contribution in [1.82, 2.24) is 0 Å². The zero-order valence-corrected chi connectivity index (χ0v) is 10.8. The average Bonchev–Trinajstić information content (AvgIpc) is 2.58. The predicted molar refractivity (Wildman–Crippen MR) is 66.1 cm³/mol. The molecule has 1 aliphatic rings. The zero-order chi connectivity index (χ0) is 11.0. The van der Waals surface area contributed by atoms with Gasteiger partial charge in [-0.3, -0.25) is 4.79 Å². The fraction of sp³-hybridized carbons (Fsp3) is 0.500. The standard InChI is InChI=1S/C10H13BrN2OS/c1-13(9-3-2-8(11)15-9)10(14)6-4-7(12)5-6/h2-3,6-7H,4-5,12H2,1H3. The van der Waals surface area contributed by atoms with E-state index >= 15 is 0 Å². The van der Waals surface area contributed by atoms with Crippen LogP contribution in [0.1, 0.15) is 12.8 Å². The smallest absolute Gasteiger partial charge is 0.230 e. The first-order valence-corrected chi connectivity index (χ1v) is 6.47. The van der Waals surface area contributed by atoms with Crippen LogP contribution in [0.5, 0.6) is 0 Å². The quantitative estimate of drug-likeness (QED) is 0.907. The van der Waals surface area contributed by atoms with Gasteiger partial charge in [-0.25, -0.2) is 0 Å². The SMILES string of the molecule is CN(C(=O)C1CC(N)C1)c1ccc(Br)s1. The van der Waals surface area contributed by atoms with Crippen molar-refractivity contribution in [3.8, 4) is 0 Å². The van der Waals surface area contributed by atoms with Crippen LogP contribution in [0, 0.1) is 5.92 Å². The number of amides is 1. The Balaban J connectivity index is 2.02. The van der Waals surface area contributed by atoms with Gasteiger partial charge < -0.3 is 10.6 Å². The van der Waals surface area contributed by atoms with Crippen LogP contribution in [-0.4, -0.2) is 19.0 Å². The number of nitrogens with zero attached hydrogens (tertiary/aromatic N) is 1. The molecular formula is C10H13BrN2OS. The first kappa shape index (κ1) is 11.1. The number of anilines is 1. The molecule has 0 unspecified atom stereocenters. The van der Waals surface area contributed by atoms with E-state index in [4.69, 9.17) is 5.73 Å². The van der Waals surface area contributed by atoms with Crippen molar-refractivity contribution in [2.24, 2.45) is 11.7 Å². The number of hydrogen-bond acceptors (Lipinski definition) is 3. The van der Waals surface area contributed by atoms with Crippen LogP contribution >= 0.6 is 27.3 Å². The molecule has 1 heterocycles. The number of thiophene rings is 1. The first-order chi connectivity index (χ1) is 7.08. The van der Waals surface area contributed by atoms with Gasteiger partial charge in [0.05, 0.1) is 8.79 Å². The number of carbonyl (C=O) groups is 1. The average molecular weight is 289 g/mol. The Bertz CT molecular complexity index is 373. The van der Waals surface area contributed by atoms with Crippen molar-refractivity contribution < 1.29 is 4.79 Å². The second-order valence-electron chi connectivity index (χ2n) is 3.90. The molecule has 0 atom stereocenters. The molecule has 1 saturated carbocycles. The molecule has 0 aromatic carbocycles. The van der Waals surface area contributed by atoms with Crippen molar-refractivity contribution >= 4 is 38.2 Å². The van der Waals surface area contributed by atoms with E-state index in [0.717, 1.165) is 21.6 Å². The highest BCUT2D eigenvalue weighted by Gasteiger charge is 2.34. The van der Waals surface area contributed by atoms with E-state index in [2.05, 4.69) is 15.9 Å². The largest absolute Gasteiger partial charge is 0.328 e. The monoisotopic (exact) mass is 288 g/mol. The summed E-state index contributed by atoms with van der Waals surface area (Å²) in [4.78, 5) is 13.7. The molecule has 2 N–H and O–H groups in total. The summed E-state index contributed by atoms with van der Waals surface area (Å²) in [6.45, 7) is 0. The van der Waals surface area contributed by atoms with E-state index in [1.807, 2.05) is 19.2 Å². The topological polar surface area (TPSA) is 46.3 Å². The van der Waals surface area contributed by atoms with Gasteiger partial charge in [-0.15, -0.1) is 11.3 Å². The lowest BCUT2D eigenvalue weighted by Gasteiger charge is -2.33. The summed E-state index contributed by atoms with van der Waals surface area (Å²) >= 11 is 4.96. The minimum Gasteiger partial charge on any atom is -0.328 e. The molecule has 0 bridgehead atoms. The van der Waals surface area contributed by atoms with Gasteiger partial charge in [-0.1, -0.05) is 0 Å². The van der Waals surface area contributed by atoms with Gasteiger partial charge >= 0.3 is 0 Å². The fourth-order valence-corrected chi connectivity index (χ4v) is 3.06. The van der Waals surface area contributed by atoms with Crippen LogP contribution in [0.3, 0.4) is 0 Å². The van der Waals surface area contributed by atoms with Crippen LogP contribution in [0.25, 0.3) is 0 Å². The van der Waals surface area contributed by atoms with Crippen LogP contribution < -0.4 is 10.6 Å². The van der Waals surface area contributed by atoms with E-state index in [0.29, 0.717) is 0 Å². The molecule has 2 rings (SSSR count). The lowest BCUT2D eigenvalue weighted by Crippen LogP contribution is -2.45. The first-order valence-electron chi connectivity index (χ1n) is 4.86. The lowest BCUT2D eigenvalue weighted by atomic mass is 9.80. The molecule has 82 valence electrons. The Morgan fingerprint density at radius 2 is 2.27 bits per heavy atom. The molecule has 3 nitrogen and oxygen atoms in total. The summed E-state index contributed by atoms with van der Waals surface area (Å²) in [6.07, 6.45) is 1.66. The molecular weight excluding hydrogens is 276 g/mol. The summed E-state index contributed by atoms with van der Waals surface area (Å²) in [7, 11) is 1.82. The summed E-state index contributed by atoms with van der Waals surface area (Å²) in [5, 5.41) is 0.979. The minimum atomic E-state index is 0.130. The van der Waals surface area contributed by atoms with E-state index in [-0.39, 0.29) is 17.9 Å². The van der Waals surface area contributed by atoms with E-state index in [9.17, 15) is 4.79 Å². The molecule has 1 aromatic heterocycles. The van der Waals surface area contributed by atoms with Crippen LogP contribution in [0.4, 0.5) is 5.00 Å². The summed E-state index contributed by atoms with van der Waals surface area (Å²) < 4.78 is 1.04. The maximum atomic E-state index is 11.9. The third-order valence-corrected chi connectivity index (χ3v) is 4.44. The highest BCUT2D eigenvalue weighted by atomic mass is 79.9. The summed E-state index contributed by atoms with van der Waals surface area (Å²) in [6, 6.07) is 4.13. The van der Waals surface area contributed by atoms with Crippen molar-refractivity contribution in [3.63, 3.8) is 0 Å². The van der Waals surface area contributed by atoms with E-state index < -0.39 is 0 Å². The molecule has 0 aliphatic heterocycles. The van der Waals surface area contributed by atoms with Gasteiger partial charge in [0.25, 0.3) is 0 Å². The fourth-order valence-electron chi connectivity index (χ4n) is 1.73. The van der Waals surface area contributed by atoms with Crippen molar-refractivity contribution in [3.05, 3.63) is 15.9 Å². The second kappa shape index (κ2) is 4.23. The Morgan fingerprint density at radius 1 is 1.60 bits per heavy atom. The molecule has 15 heavy (non-hydrogen) atoms. The molecule has 0 spiro atoms. The second-order valence-corrected chi connectivity index (χ2v) is 6.34. The van der Waals surface area contributed by atoms with Crippen molar-refractivity contribution in [1.29, 1.82) is 0 Å². The number of carbonyl (C=O) groups excluding carboxylic acids is 1. The molecule has 1 aromatic rings. The maximum Gasteiger partial charge on any atom is 0.230 e. The zero-order valence-electron chi connectivity index (χ0n) is 8.44. The van der Waals surface area contributed by atoms with Gasteiger partial charge in [-0.05, 0) is 40.9 Å². The summed E-state index contributed by atoms with van der Waals surface area (Å²) in [5.41, 5.74) is 5.67. The highest BCUT2D eigenvalue weighted by molar-refractivity contribution is 9.11. The minimum absolute atomic E-state index is 0.130. The van der Waals surface area contributed by atoms with Gasteiger partial charge in [0, 0.05) is 19.0 Å². The summed E-state index contributed by atoms with van der Waals surface area (Å²) in [5.74, 6) is 0.317. The number of rotatable bonds is 2. The highest BCUT2D eigenvalue weighted by Crippen LogP contribution is 2.33. The van der Waals surface area contributed by atoms with E-state index in [1.54, 1.807) is 16.2 Å². The van der Waals surface area contributed by atoms with Crippen molar-refractivity contribution in [2.75, 3.05) is 11.9 Å². The Labute approximate surface area is 101 Å². The predicted octanol–water partition coefficient (Wildman–Crippen LogP) is 2.21. The lowest BCUT2D eigenvalue weighted by molar-refractivity contribution is -0.124. The number of halogens is 1. The Kier molecular flexibility index (Phi) is 3.13. The van der Waals surface area contributed by atoms with E-state index in [1.165, 1.54) is 0 Å². The Morgan fingerprint density at radius 3 is 2.73 bits per heavy atom. The third-order valence-electron chi connectivity index (χ3n) is 2.74. The number of hydrogen-bond donors (Lipinski definition) is 1. The molecule has 1 amide bonds. The van der Waals surface area contributed by atoms with Crippen LogP contribution in [0.15, 0.2) is 15.9 Å². The van der Waals surface area contributed by atoms with Gasteiger partial charge in [0.15, 0.2) is 0 Å². The van der Waals surface area contributed by atoms with Gasteiger partial charge in [0.2, 0.25) is 5.91 Å². The van der Waals surface area contributed by atoms with Crippen LogP contribution in [-0.2, 0) is 4.79 Å². The Hall–Kier alpha value is -0.390. The van der Waals surface area contributed by atoms with Crippen molar-refractivity contribution in [2.45, 2.75) is 18.9 Å². The molecule has 5 heteroatoms. The third kappa shape index (κ3) is 2.24. The molecule has 0 saturated heterocycles. The maximum absolute atomic E-state index is 11.9. The molecule has 1 aliphatic carbocycles. The van der Waals surface area contributed by atoms with Crippen LogP contribution in [0.2, 0.25) is 0 Å². The number of nitrogens with two attached hydrogens (primary N) is 1.